The van der Waals surface area contributed by atoms with Crippen LogP contribution in [0.3, 0.4) is 0 Å². The van der Waals surface area contributed by atoms with Gasteiger partial charge in [-0.1, -0.05) is 24.3 Å². The molecular weight excluding hydrogens is 244 g/mol. The Labute approximate surface area is 110 Å². The predicted octanol–water partition coefficient (Wildman–Crippen LogP) is 2.98. The molecule has 0 atom stereocenters. The Morgan fingerprint density at radius 3 is 2.63 bits per heavy atom. The zero-order chi connectivity index (χ0) is 13.8. The molecule has 19 heavy (non-hydrogen) atoms. The van der Waals surface area contributed by atoms with Crippen molar-refractivity contribution in [2.45, 2.75) is 13.5 Å². The lowest BCUT2D eigenvalue weighted by molar-refractivity contribution is 0.0693. The van der Waals surface area contributed by atoms with Crippen LogP contribution in [-0.4, -0.2) is 16.2 Å². The van der Waals surface area contributed by atoms with Crippen LogP contribution in [0.15, 0.2) is 42.5 Å². The van der Waals surface area contributed by atoms with E-state index >= 15 is 0 Å². The Bertz CT molecular complexity index is 605. The summed E-state index contributed by atoms with van der Waals surface area (Å²) < 4.78 is 5.54. The Kier molecular flexibility index (Phi) is 3.71. The number of aromatic hydroxyl groups is 1. The normalized spacial score (nSPS) is 10.2. The van der Waals surface area contributed by atoms with E-state index in [2.05, 4.69) is 0 Å². The van der Waals surface area contributed by atoms with Crippen molar-refractivity contribution in [2.24, 2.45) is 0 Å². The minimum absolute atomic E-state index is 0.165. The van der Waals surface area contributed by atoms with Crippen molar-refractivity contribution in [2.75, 3.05) is 0 Å². The summed E-state index contributed by atoms with van der Waals surface area (Å²) in [6.45, 7) is 2.34. The first kappa shape index (κ1) is 13.0. The van der Waals surface area contributed by atoms with Gasteiger partial charge in [-0.3, -0.25) is 0 Å². The second-order valence-electron chi connectivity index (χ2n) is 4.20. The minimum atomic E-state index is -1.18. The molecule has 0 aromatic heterocycles. The van der Waals surface area contributed by atoms with Gasteiger partial charge < -0.3 is 14.9 Å². The molecule has 0 radical (unpaired) electrons. The molecule has 4 heteroatoms. The molecule has 0 amide bonds. The number of hydrogen-bond donors (Lipinski definition) is 2. The number of rotatable bonds is 4. The lowest BCUT2D eigenvalue weighted by Gasteiger charge is -2.09. The summed E-state index contributed by atoms with van der Waals surface area (Å²) in [7, 11) is 0. The molecule has 0 aliphatic heterocycles. The van der Waals surface area contributed by atoms with Crippen molar-refractivity contribution in [3.8, 4) is 11.5 Å². The van der Waals surface area contributed by atoms with E-state index in [0.29, 0.717) is 12.4 Å². The summed E-state index contributed by atoms with van der Waals surface area (Å²) >= 11 is 0. The maximum absolute atomic E-state index is 10.9. The zero-order valence-corrected chi connectivity index (χ0v) is 10.5. The average Bonchev–Trinajstić information content (AvgIpc) is 2.39. The standard InChI is InChI=1S/C15H14O4/c1-10-4-2-3-5-11(10)9-19-12-6-7-14(16)13(8-12)15(17)18/h2-8,16H,9H2,1H3,(H,17,18). The fraction of sp³-hybridized carbons (Fsp3) is 0.133. The highest BCUT2D eigenvalue weighted by molar-refractivity contribution is 5.91. The molecule has 0 saturated heterocycles. The van der Waals surface area contributed by atoms with Crippen LogP contribution in [0.2, 0.25) is 0 Å². The first-order chi connectivity index (χ1) is 9.08. The molecule has 4 nitrogen and oxygen atoms in total. The number of carboxylic acid groups (broad SMARTS) is 1. The molecule has 0 heterocycles. The van der Waals surface area contributed by atoms with Crippen LogP contribution in [0.4, 0.5) is 0 Å². The van der Waals surface area contributed by atoms with Crippen LogP contribution >= 0.6 is 0 Å². The summed E-state index contributed by atoms with van der Waals surface area (Å²) in [5.41, 5.74) is 1.98. The van der Waals surface area contributed by atoms with Gasteiger partial charge in [0, 0.05) is 0 Å². The van der Waals surface area contributed by atoms with E-state index in [1.165, 1.54) is 12.1 Å². The summed E-state index contributed by atoms with van der Waals surface area (Å²) in [4.78, 5) is 10.9. The lowest BCUT2D eigenvalue weighted by atomic mass is 10.1. The molecule has 0 fully saturated rings. The van der Waals surface area contributed by atoms with E-state index in [4.69, 9.17) is 9.84 Å². The quantitative estimate of drug-likeness (QED) is 0.884. The Balaban J connectivity index is 2.14. The molecular formula is C15H14O4. The van der Waals surface area contributed by atoms with E-state index in [9.17, 15) is 9.90 Å². The second-order valence-corrected chi connectivity index (χ2v) is 4.20. The van der Waals surface area contributed by atoms with Crippen molar-refractivity contribution in [3.05, 3.63) is 59.2 Å². The number of carbonyl (C=O) groups is 1. The zero-order valence-electron chi connectivity index (χ0n) is 10.5. The molecule has 98 valence electrons. The van der Waals surface area contributed by atoms with Gasteiger partial charge in [0.05, 0.1) is 0 Å². The summed E-state index contributed by atoms with van der Waals surface area (Å²) in [6.07, 6.45) is 0. The number of aromatic carboxylic acids is 1. The third-order valence-electron chi connectivity index (χ3n) is 2.85. The van der Waals surface area contributed by atoms with E-state index in [-0.39, 0.29) is 11.3 Å². The minimum Gasteiger partial charge on any atom is -0.507 e. The molecule has 0 saturated carbocycles. The highest BCUT2D eigenvalue weighted by Gasteiger charge is 2.10. The SMILES string of the molecule is Cc1ccccc1COc1ccc(O)c(C(=O)O)c1. The van der Waals surface area contributed by atoms with Crippen LogP contribution in [-0.2, 0) is 6.61 Å². The Morgan fingerprint density at radius 1 is 1.21 bits per heavy atom. The molecule has 2 aromatic rings. The third kappa shape index (κ3) is 3.04. The predicted molar refractivity (Wildman–Crippen MR) is 70.6 cm³/mol. The Hall–Kier alpha value is -2.49. The lowest BCUT2D eigenvalue weighted by Crippen LogP contribution is -2.00. The van der Waals surface area contributed by atoms with Crippen LogP contribution in [0, 0.1) is 6.92 Å². The maximum atomic E-state index is 10.9. The van der Waals surface area contributed by atoms with Gasteiger partial charge in [0.25, 0.3) is 0 Å². The van der Waals surface area contributed by atoms with Crippen molar-refractivity contribution in [1.82, 2.24) is 0 Å². The number of benzene rings is 2. The molecule has 0 bridgehead atoms. The van der Waals surface area contributed by atoms with Gasteiger partial charge in [0.15, 0.2) is 0 Å². The third-order valence-corrected chi connectivity index (χ3v) is 2.85. The molecule has 2 N–H and O–H groups in total. The molecule has 0 unspecified atom stereocenters. The maximum Gasteiger partial charge on any atom is 0.339 e. The second kappa shape index (κ2) is 5.44. The van der Waals surface area contributed by atoms with Crippen LogP contribution in [0.5, 0.6) is 11.5 Å². The molecule has 0 aliphatic rings. The highest BCUT2D eigenvalue weighted by atomic mass is 16.5. The number of carboxylic acids is 1. The smallest absolute Gasteiger partial charge is 0.339 e. The van der Waals surface area contributed by atoms with E-state index in [1.54, 1.807) is 6.07 Å². The summed E-state index contributed by atoms with van der Waals surface area (Å²) in [6, 6.07) is 12.0. The van der Waals surface area contributed by atoms with Crippen LogP contribution < -0.4 is 4.74 Å². The molecule has 0 aliphatic carbocycles. The monoisotopic (exact) mass is 258 g/mol. The number of hydrogen-bond acceptors (Lipinski definition) is 3. The van der Waals surface area contributed by atoms with Gasteiger partial charge in [-0.15, -0.1) is 0 Å². The van der Waals surface area contributed by atoms with Gasteiger partial charge >= 0.3 is 5.97 Å². The van der Waals surface area contributed by atoms with E-state index < -0.39 is 5.97 Å². The highest BCUT2D eigenvalue weighted by Crippen LogP contribution is 2.23. The van der Waals surface area contributed by atoms with Crippen molar-refractivity contribution >= 4 is 5.97 Å². The van der Waals surface area contributed by atoms with Crippen molar-refractivity contribution < 1.29 is 19.7 Å². The average molecular weight is 258 g/mol. The van der Waals surface area contributed by atoms with Gasteiger partial charge in [0.2, 0.25) is 0 Å². The fourth-order valence-corrected chi connectivity index (χ4v) is 1.71. The van der Waals surface area contributed by atoms with Crippen molar-refractivity contribution in [3.63, 3.8) is 0 Å². The Morgan fingerprint density at radius 2 is 1.95 bits per heavy atom. The molecule has 0 spiro atoms. The molecule has 2 aromatic carbocycles. The van der Waals surface area contributed by atoms with Crippen LogP contribution in [0.1, 0.15) is 21.5 Å². The first-order valence-corrected chi connectivity index (χ1v) is 5.81. The number of phenols is 1. The van der Waals surface area contributed by atoms with Crippen molar-refractivity contribution in [1.29, 1.82) is 0 Å². The van der Waals surface area contributed by atoms with E-state index in [0.717, 1.165) is 11.1 Å². The first-order valence-electron chi connectivity index (χ1n) is 5.81. The number of aryl methyl sites for hydroxylation is 1. The fourth-order valence-electron chi connectivity index (χ4n) is 1.71. The number of ether oxygens (including phenoxy) is 1. The van der Waals surface area contributed by atoms with Crippen LogP contribution in [0.25, 0.3) is 0 Å². The van der Waals surface area contributed by atoms with Gasteiger partial charge in [-0.25, -0.2) is 4.79 Å². The summed E-state index contributed by atoms with van der Waals surface area (Å²) in [5, 5.41) is 18.3. The summed E-state index contributed by atoms with van der Waals surface area (Å²) in [5.74, 6) is -1.03. The van der Waals surface area contributed by atoms with Gasteiger partial charge in [0.1, 0.15) is 23.7 Å². The van der Waals surface area contributed by atoms with Gasteiger partial charge in [-0.2, -0.15) is 0 Å². The molecule has 2 rings (SSSR count). The largest absolute Gasteiger partial charge is 0.507 e. The van der Waals surface area contributed by atoms with Gasteiger partial charge in [-0.05, 0) is 36.2 Å². The van der Waals surface area contributed by atoms with E-state index in [1.807, 2.05) is 31.2 Å². The topological polar surface area (TPSA) is 66.8 Å².